The van der Waals surface area contributed by atoms with E-state index in [-0.39, 0.29) is 23.3 Å². The maximum Gasteiger partial charge on any atom is 0.253 e. The SMILES string of the molecule is O=C1NCCCC[C@H]1N(Cc1ccc(C(=O)N2CCCC2)cc1)S(=O)(=O)c1ccc(Cl)cc1. The average Bonchev–Trinajstić information content (AvgIpc) is 3.27. The topological polar surface area (TPSA) is 86.8 Å². The molecule has 7 nitrogen and oxygen atoms in total. The standard InChI is InChI=1S/C24H28ClN3O4S/c25-20-10-12-21(13-11-20)33(31,32)28(22-5-1-2-14-26-23(22)29)17-18-6-8-19(9-7-18)24(30)27-15-3-4-16-27/h6-13,22H,1-5,14-17H2,(H,26,29)/t22-/m1/s1. The van der Waals surface area contributed by atoms with Gasteiger partial charge in [-0.15, -0.1) is 0 Å². The van der Waals surface area contributed by atoms with Crippen LogP contribution < -0.4 is 5.32 Å². The molecule has 2 saturated heterocycles. The molecule has 1 atom stereocenters. The number of hydrogen-bond donors (Lipinski definition) is 1. The molecule has 2 aliphatic rings. The average molecular weight is 490 g/mol. The molecule has 0 unspecified atom stereocenters. The van der Waals surface area contributed by atoms with Crippen LogP contribution in [-0.2, 0) is 21.4 Å². The van der Waals surface area contributed by atoms with E-state index in [2.05, 4.69) is 5.32 Å². The molecule has 2 heterocycles. The summed E-state index contributed by atoms with van der Waals surface area (Å²) in [5.41, 5.74) is 1.29. The fourth-order valence-electron chi connectivity index (χ4n) is 4.34. The summed E-state index contributed by atoms with van der Waals surface area (Å²) in [6.45, 7) is 2.10. The van der Waals surface area contributed by atoms with Crippen molar-refractivity contribution in [2.24, 2.45) is 0 Å². The van der Waals surface area contributed by atoms with Gasteiger partial charge in [-0.3, -0.25) is 9.59 Å². The van der Waals surface area contributed by atoms with Crippen LogP contribution in [0.3, 0.4) is 0 Å². The van der Waals surface area contributed by atoms with E-state index in [4.69, 9.17) is 11.6 Å². The van der Waals surface area contributed by atoms with E-state index in [0.29, 0.717) is 29.1 Å². The number of amides is 2. The van der Waals surface area contributed by atoms with Gasteiger partial charge < -0.3 is 10.2 Å². The number of likely N-dealkylation sites (tertiary alicyclic amines) is 1. The smallest absolute Gasteiger partial charge is 0.253 e. The van der Waals surface area contributed by atoms with E-state index in [1.165, 1.54) is 28.6 Å². The Morgan fingerprint density at radius 3 is 2.33 bits per heavy atom. The first kappa shape index (κ1) is 23.7. The first-order valence-corrected chi connectivity index (χ1v) is 13.1. The van der Waals surface area contributed by atoms with E-state index < -0.39 is 16.1 Å². The van der Waals surface area contributed by atoms with Crippen LogP contribution >= 0.6 is 11.6 Å². The van der Waals surface area contributed by atoms with Crippen molar-refractivity contribution in [1.29, 1.82) is 0 Å². The third-order valence-corrected chi connectivity index (χ3v) is 8.33. The highest BCUT2D eigenvalue weighted by Gasteiger charge is 2.36. The van der Waals surface area contributed by atoms with Crippen LogP contribution in [0.25, 0.3) is 0 Å². The number of nitrogens with one attached hydrogen (secondary N) is 1. The largest absolute Gasteiger partial charge is 0.355 e. The maximum atomic E-state index is 13.6. The predicted molar refractivity (Wildman–Crippen MR) is 126 cm³/mol. The molecule has 33 heavy (non-hydrogen) atoms. The molecular weight excluding hydrogens is 462 g/mol. The number of carbonyl (C=O) groups excluding carboxylic acids is 2. The highest BCUT2D eigenvalue weighted by atomic mass is 35.5. The normalized spacial score (nSPS) is 19.4. The third-order valence-electron chi connectivity index (χ3n) is 6.21. The van der Waals surface area contributed by atoms with Gasteiger partial charge in [-0.05, 0) is 74.1 Å². The lowest BCUT2D eigenvalue weighted by molar-refractivity contribution is -0.124. The molecule has 0 aliphatic carbocycles. The van der Waals surface area contributed by atoms with Gasteiger partial charge in [-0.2, -0.15) is 4.31 Å². The van der Waals surface area contributed by atoms with E-state index in [1.807, 2.05) is 4.90 Å². The number of rotatable bonds is 6. The lowest BCUT2D eigenvalue weighted by Crippen LogP contribution is -2.48. The zero-order valence-corrected chi connectivity index (χ0v) is 19.9. The molecular formula is C24H28ClN3O4S. The first-order valence-electron chi connectivity index (χ1n) is 11.3. The zero-order valence-electron chi connectivity index (χ0n) is 18.4. The molecule has 4 rings (SSSR count). The maximum absolute atomic E-state index is 13.6. The molecule has 2 aromatic rings. The molecule has 1 N–H and O–H groups in total. The van der Waals surface area contributed by atoms with Crippen molar-refractivity contribution in [2.75, 3.05) is 19.6 Å². The molecule has 176 valence electrons. The van der Waals surface area contributed by atoms with Crippen molar-refractivity contribution in [3.63, 3.8) is 0 Å². The van der Waals surface area contributed by atoms with E-state index in [9.17, 15) is 18.0 Å². The highest BCUT2D eigenvalue weighted by molar-refractivity contribution is 7.89. The fraction of sp³-hybridized carbons (Fsp3) is 0.417. The lowest BCUT2D eigenvalue weighted by Gasteiger charge is -2.29. The van der Waals surface area contributed by atoms with E-state index in [0.717, 1.165) is 38.8 Å². The highest BCUT2D eigenvalue weighted by Crippen LogP contribution is 2.26. The predicted octanol–water partition coefficient (Wildman–Crippen LogP) is 3.44. The van der Waals surface area contributed by atoms with Crippen molar-refractivity contribution in [3.05, 3.63) is 64.7 Å². The second-order valence-electron chi connectivity index (χ2n) is 8.50. The van der Waals surface area contributed by atoms with Gasteiger partial charge in [-0.1, -0.05) is 23.7 Å². The van der Waals surface area contributed by atoms with Gasteiger partial charge in [0.1, 0.15) is 6.04 Å². The molecule has 0 spiro atoms. The Labute approximate surface area is 199 Å². The molecule has 0 bridgehead atoms. The minimum absolute atomic E-state index is 0.00663. The van der Waals surface area contributed by atoms with Gasteiger partial charge in [0.05, 0.1) is 4.90 Å². The number of nitrogens with zero attached hydrogens (tertiary/aromatic N) is 2. The fourth-order valence-corrected chi connectivity index (χ4v) is 6.07. The number of carbonyl (C=O) groups is 2. The quantitative estimate of drug-likeness (QED) is 0.673. The number of sulfonamides is 1. The molecule has 0 radical (unpaired) electrons. The summed E-state index contributed by atoms with van der Waals surface area (Å²) in [5.74, 6) is -0.293. The first-order chi connectivity index (χ1) is 15.9. The monoisotopic (exact) mass is 489 g/mol. The molecule has 2 amide bonds. The summed E-state index contributed by atoms with van der Waals surface area (Å²) in [6, 6.07) is 12.2. The van der Waals surface area contributed by atoms with Gasteiger partial charge in [0.25, 0.3) is 5.91 Å². The molecule has 9 heteroatoms. The second kappa shape index (κ2) is 10.2. The number of halogens is 1. The van der Waals surface area contributed by atoms with Crippen molar-refractivity contribution in [1.82, 2.24) is 14.5 Å². The summed E-state index contributed by atoms with van der Waals surface area (Å²) >= 11 is 5.95. The molecule has 2 aliphatic heterocycles. The Morgan fingerprint density at radius 1 is 1.00 bits per heavy atom. The van der Waals surface area contributed by atoms with E-state index >= 15 is 0 Å². The lowest BCUT2D eigenvalue weighted by atomic mass is 10.1. The Kier molecular flexibility index (Phi) is 7.36. The third kappa shape index (κ3) is 5.39. The molecule has 2 fully saturated rings. The summed E-state index contributed by atoms with van der Waals surface area (Å²) < 4.78 is 28.5. The molecule has 0 aromatic heterocycles. The van der Waals surface area contributed by atoms with Crippen molar-refractivity contribution < 1.29 is 18.0 Å². The van der Waals surface area contributed by atoms with Gasteiger partial charge in [-0.25, -0.2) is 8.42 Å². The van der Waals surface area contributed by atoms with Gasteiger partial charge in [0.2, 0.25) is 15.9 Å². The zero-order chi connectivity index (χ0) is 23.4. The van der Waals surface area contributed by atoms with Gasteiger partial charge >= 0.3 is 0 Å². The minimum atomic E-state index is -3.97. The summed E-state index contributed by atoms with van der Waals surface area (Å²) in [5, 5.41) is 3.27. The van der Waals surface area contributed by atoms with Crippen LogP contribution in [0.15, 0.2) is 53.4 Å². The molecule has 2 aromatic carbocycles. The van der Waals surface area contributed by atoms with Gasteiger partial charge in [0.15, 0.2) is 0 Å². The molecule has 0 saturated carbocycles. The number of hydrogen-bond acceptors (Lipinski definition) is 4. The summed E-state index contributed by atoms with van der Waals surface area (Å²) in [6.07, 6.45) is 4.05. The van der Waals surface area contributed by atoms with Crippen LogP contribution in [0.5, 0.6) is 0 Å². The van der Waals surface area contributed by atoms with Crippen molar-refractivity contribution in [3.8, 4) is 0 Å². The Morgan fingerprint density at radius 2 is 1.67 bits per heavy atom. The Bertz CT molecular complexity index is 1100. The number of benzene rings is 2. The van der Waals surface area contributed by atoms with Crippen molar-refractivity contribution >= 4 is 33.4 Å². The van der Waals surface area contributed by atoms with Crippen molar-refractivity contribution in [2.45, 2.75) is 49.6 Å². The van der Waals surface area contributed by atoms with Crippen LogP contribution in [0.1, 0.15) is 48.0 Å². The second-order valence-corrected chi connectivity index (χ2v) is 10.8. The summed E-state index contributed by atoms with van der Waals surface area (Å²) in [4.78, 5) is 27.3. The van der Waals surface area contributed by atoms with Crippen LogP contribution in [0.4, 0.5) is 0 Å². The van der Waals surface area contributed by atoms with Crippen LogP contribution in [0, 0.1) is 0 Å². The van der Waals surface area contributed by atoms with E-state index in [1.54, 1.807) is 24.3 Å². The van der Waals surface area contributed by atoms with Crippen LogP contribution in [-0.4, -0.2) is 55.1 Å². The van der Waals surface area contributed by atoms with Crippen LogP contribution in [0.2, 0.25) is 5.02 Å². The van der Waals surface area contributed by atoms with Gasteiger partial charge in [0, 0.05) is 36.8 Å². The minimum Gasteiger partial charge on any atom is -0.355 e. The Balaban J connectivity index is 1.62. The Hall–Kier alpha value is -2.42. The summed E-state index contributed by atoms with van der Waals surface area (Å²) in [7, 11) is -3.97.